The number of nitrogens with one attached hydrogen (secondary N) is 1. The Kier molecular flexibility index (Phi) is 10.9. The third-order valence-electron chi connectivity index (χ3n) is 8.06. The van der Waals surface area contributed by atoms with E-state index in [1.807, 2.05) is 30.3 Å². The van der Waals surface area contributed by atoms with Crippen LogP contribution in [-0.2, 0) is 34.4 Å². The SMILES string of the molecule is CC(C)(C)c1ccc(CCC(=O)N(Cc2c(Cl)cccc2Cl)C(Cc2ccccc2)C(=O)NC2CCCCC2)cc1. The third kappa shape index (κ3) is 8.83. The van der Waals surface area contributed by atoms with Gasteiger partial charge in [0.15, 0.2) is 0 Å². The van der Waals surface area contributed by atoms with Crippen LogP contribution in [-0.4, -0.2) is 28.8 Å². The minimum atomic E-state index is -0.692. The Hall–Kier alpha value is -2.82. The minimum absolute atomic E-state index is 0.0652. The lowest BCUT2D eigenvalue weighted by molar-refractivity contribution is -0.141. The summed E-state index contributed by atoms with van der Waals surface area (Å²) < 4.78 is 0. The standard InChI is InChI=1S/C35H42Cl2N2O2/c1-35(2,3)27-20-17-25(18-21-27)19-22-33(40)39(24-29-30(36)15-10-16-31(29)37)32(23-26-11-6-4-7-12-26)34(41)38-28-13-8-5-9-14-28/h4,6-7,10-12,15-18,20-21,28,32H,5,8-9,13-14,19,22-24H2,1-3H3,(H,38,41). The summed E-state index contributed by atoms with van der Waals surface area (Å²) in [5, 5.41) is 4.26. The van der Waals surface area contributed by atoms with Crippen LogP contribution in [0.15, 0.2) is 72.8 Å². The van der Waals surface area contributed by atoms with Gasteiger partial charge in [0.1, 0.15) is 6.04 Å². The molecule has 1 fully saturated rings. The first-order chi connectivity index (χ1) is 19.6. The summed E-state index contributed by atoms with van der Waals surface area (Å²) in [7, 11) is 0. The highest BCUT2D eigenvalue weighted by Gasteiger charge is 2.32. The molecular weight excluding hydrogens is 551 g/mol. The van der Waals surface area contributed by atoms with Gasteiger partial charge in [0, 0.05) is 41.0 Å². The van der Waals surface area contributed by atoms with Crippen LogP contribution in [0, 0.1) is 0 Å². The van der Waals surface area contributed by atoms with Gasteiger partial charge in [-0.3, -0.25) is 9.59 Å². The molecule has 4 rings (SSSR count). The molecule has 3 aromatic rings. The summed E-state index contributed by atoms with van der Waals surface area (Å²) in [5.74, 6) is -0.215. The van der Waals surface area contributed by atoms with Crippen LogP contribution < -0.4 is 5.32 Å². The lowest BCUT2D eigenvalue weighted by atomic mass is 9.86. The van der Waals surface area contributed by atoms with Crippen molar-refractivity contribution in [3.05, 3.63) is 105 Å². The number of carbonyl (C=O) groups excluding carboxylic acids is 2. The molecular formula is C35H42Cl2N2O2. The van der Waals surface area contributed by atoms with E-state index in [0.29, 0.717) is 28.5 Å². The number of aryl methyl sites for hydroxylation is 1. The van der Waals surface area contributed by atoms with E-state index in [1.165, 1.54) is 12.0 Å². The van der Waals surface area contributed by atoms with Gasteiger partial charge < -0.3 is 10.2 Å². The highest BCUT2D eigenvalue weighted by atomic mass is 35.5. The zero-order valence-corrected chi connectivity index (χ0v) is 26.0. The van der Waals surface area contributed by atoms with Crippen molar-refractivity contribution in [2.24, 2.45) is 0 Å². The van der Waals surface area contributed by atoms with Gasteiger partial charge in [-0.2, -0.15) is 0 Å². The number of benzene rings is 3. The van der Waals surface area contributed by atoms with E-state index in [0.717, 1.165) is 36.8 Å². The van der Waals surface area contributed by atoms with E-state index in [1.54, 1.807) is 23.1 Å². The van der Waals surface area contributed by atoms with Crippen molar-refractivity contribution in [2.45, 2.75) is 96.2 Å². The highest BCUT2D eigenvalue weighted by molar-refractivity contribution is 6.36. The van der Waals surface area contributed by atoms with E-state index in [2.05, 4.69) is 50.4 Å². The molecule has 0 aromatic heterocycles. The number of amides is 2. The predicted octanol–water partition coefficient (Wildman–Crippen LogP) is 8.31. The first-order valence-corrected chi connectivity index (χ1v) is 15.5. The Morgan fingerprint density at radius 1 is 0.854 bits per heavy atom. The Morgan fingerprint density at radius 2 is 1.49 bits per heavy atom. The molecule has 1 atom stereocenters. The lowest BCUT2D eigenvalue weighted by Crippen LogP contribution is -2.53. The summed E-state index contributed by atoms with van der Waals surface area (Å²) in [6.07, 6.45) is 6.63. The van der Waals surface area contributed by atoms with E-state index < -0.39 is 6.04 Å². The molecule has 218 valence electrons. The van der Waals surface area contributed by atoms with Crippen molar-refractivity contribution in [2.75, 3.05) is 0 Å². The quantitative estimate of drug-likeness (QED) is 0.257. The number of halogens is 2. The first-order valence-electron chi connectivity index (χ1n) is 14.8. The molecule has 1 saturated carbocycles. The zero-order valence-electron chi connectivity index (χ0n) is 24.5. The Labute approximate surface area is 255 Å². The largest absolute Gasteiger partial charge is 0.352 e. The van der Waals surface area contributed by atoms with Crippen molar-refractivity contribution < 1.29 is 9.59 Å². The molecule has 2 amide bonds. The maximum Gasteiger partial charge on any atom is 0.243 e. The molecule has 1 unspecified atom stereocenters. The lowest BCUT2D eigenvalue weighted by Gasteiger charge is -2.34. The van der Waals surface area contributed by atoms with Gasteiger partial charge in [-0.1, -0.05) is 124 Å². The van der Waals surface area contributed by atoms with Gasteiger partial charge in [-0.15, -0.1) is 0 Å². The van der Waals surface area contributed by atoms with Crippen molar-refractivity contribution in [3.8, 4) is 0 Å². The molecule has 0 aliphatic heterocycles. The van der Waals surface area contributed by atoms with Gasteiger partial charge in [0.25, 0.3) is 0 Å². The molecule has 1 aliphatic carbocycles. The van der Waals surface area contributed by atoms with E-state index in [-0.39, 0.29) is 36.2 Å². The summed E-state index contributed by atoms with van der Waals surface area (Å²) in [4.78, 5) is 29.7. The molecule has 0 radical (unpaired) electrons. The van der Waals surface area contributed by atoms with Gasteiger partial charge in [-0.05, 0) is 53.5 Å². The first kappa shape index (κ1) is 31.1. The summed E-state index contributed by atoms with van der Waals surface area (Å²) in [6, 6.07) is 23.1. The van der Waals surface area contributed by atoms with Gasteiger partial charge in [0.05, 0.1) is 0 Å². The van der Waals surface area contributed by atoms with Crippen LogP contribution in [0.4, 0.5) is 0 Å². The van der Waals surface area contributed by atoms with Crippen LogP contribution in [0.25, 0.3) is 0 Å². The number of nitrogens with zero attached hydrogens (tertiary/aromatic N) is 1. The second-order valence-corrected chi connectivity index (χ2v) is 13.0. The highest BCUT2D eigenvalue weighted by Crippen LogP contribution is 2.28. The number of hydrogen-bond acceptors (Lipinski definition) is 2. The monoisotopic (exact) mass is 592 g/mol. The molecule has 0 heterocycles. The zero-order chi connectivity index (χ0) is 29.4. The number of carbonyl (C=O) groups is 2. The molecule has 4 nitrogen and oxygen atoms in total. The fourth-order valence-electron chi connectivity index (χ4n) is 5.52. The normalized spacial score (nSPS) is 14.9. The van der Waals surface area contributed by atoms with Crippen LogP contribution in [0.5, 0.6) is 0 Å². The molecule has 0 spiro atoms. The van der Waals surface area contributed by atoms with Crippen molar-refractivity contribution in [1.29, 1.82) is 0 Å². The smallest absolute Gasteiger partial charge is 0.243 e. The second kappa shape index (κ2) is 14.4. The minimum Gasteiger partial charge on any atom is -0.352 e. The van der Waals surface area contributed by atoms with Crippen molar-refractivity contribution >= 4 is 35.0 Å². The van der Waals surface area contributed by atoms with Gasteiger partial charge >= 0.3 is 0 Å². The Bertz CT molecular complexity index is 1280. The third-order valence-corrected chi connectivity index (χ3v) is 8.77. The Morgan fingerprint density at radius 3 is 2.10 bits per heavy atom. The van der Waals surface area contributed by atoms with Crippen LogP contribution in [0.2, 0.25) is 10.0 Å². The number of rotatable bonds is 10. The van der Waals surface area contributed by atoms with E-state index >= 15 is 0 Å². The van der Waals surface area contributed by atoms with Gasteiger partial charge in [-0.25, -0.2) is 0 Å². The average Bonchev–Trinajstić information content (AvgIpc) is 2.96. The fraction of sp³-hybridized carbons (Fsp3) is 0.429. The van der Waals surface area contributed by atoms with E-state index in [4.69, 9.17) is 23.2 Å². The van der Waals surface area contributed by atoms with Crippen LogP contribution in [0.3, 0.4) is 0 Å². The topological polar surface area (TPSA) is 49.4 Å². The van der Waals surface area contributed by atoms with Crippen molar-refractivity contribution in [3.63, 3.8) is 0 Å². The van der Waals surface area contributed by atoms with Crippen LogP contribution >= 0.6 is 23.2 Å². The molecule has 6 heteroatoms. The maximum atomic E-state index is 14.1. The molecule has 0 bridgehead atoms. The van der Waals surface area contributed by atoms with E-state index in [9.17, 15) is 9.59 Å². The maximum absolute atomic E-state index is 14.1. The predicted molar refractivity (Wildman–Crippen MR) is 169 cm³/mol. The number of hydrogen-bond donors (Lipinski definition) is 1. The summed E-state index contributed by atoms with van der Waals surface area (Å²) in [6.45, 7) is 6.73. The summed E-state index contributed by atoms with van der Waals surface area (Å²) in [5.41, 5.74) is 4.06. The molecule has 1 aliphatic rings. The molecule has 41 heavy (non-hydrogen) atoms. The fourth-order valence-corrected chi connectivity index (χ4v) is 6.04. The van der Waals surface area contributed by atoms with Crippen molar-refractivity contribution in [1.82, 2.24) is 10.2 Å². The van der Waals surface area contributed by atoms with Gasteiger partial charge in [0.2, 0.25) is 11.8 Å². The molecule has 3 aromatic carbocycles. The average molecular weight is 594 g/mol. The summed E-state index contributed by atoms with van der Waals surface area (Å²) >= 11 is 13.2. The Balaban J connectivity index is 1.62. The van der Waals surface area contributed by atoms with Crippen LogP contribution in [0.1, 0.15) is 81.5 Å². The second-order valence-electron chi connectivity index (χ2n) is 12.2. The molecule has 1 N–H and O–H groups in total. The molecule has 0 saturated heterocycles.